The van der Waals surface area contributed by atoms with Gasteiger partial charge in [0.1, 0.15) is 0 Å². The monoisotopic (exact) mass is 495 g/mol. The van der Waals surface area contributed by atoms with Gasteiger partial charge in [-0.25, -0.2) is 0 Å². The van der Waals surface area contributed by atoms with E-state index < -0.39 is 0 Å². The number of fused-ring (bicyclic) bond motifs is 2. The number of anilines is 1. The second-order valence-corrected chi connectivity index (χ2v) is 11.2. The molecule has 3 aromatic carbocycles. The lowest BCUT2D eigenvalue weighted by atomic mass is 9.86. The number of hydrogen-bond acceptors (Lipinski definition) is 3. The molecule has 6 rings (SSSR count). The molecular weight excluding hydrogens is 458 g/mol. The van der Waals surface area contributed by atoms with Crippen molar-refractivity contribution in [3.63, 3.8) is 0 Å². The van der Waals surface area contributed by atoms with Crippen LogP contribution in [0.1, 0.15) is 48.8 Å². The number of nitrogens with one attached hydrogen (secondary N) is 1. The van der Waals surface area contributed by atoms with Gasteiger partial charge in [0.25, 0.3) is 0 Å². The van der Waals surface area contributed by atoms with Gasteiger partial charge in [-0.15, -0.1) is 0 Å². The highest BCUT2D eigenvalue weighted by Crippen LogP contribution is 2.29. The second-order valence-electron chi connectivity index (χ2n) is 11.2. The summed E-state index contributed by atoms with van der Waals surface area (Å²) in [4.78, 5) is 31.4. The van der Waals surface area contributed by atoms with Crippen LogP contribution in [0.15, 0.2) is 60.7 Å². The molecule has 5 nitrogen and oxygen atoms in total. The Hall–Kier alpha value is -3.18. The molecule has 0 spiro atoms. The lowest BCUT2D eigenvalue weighted by Crippen LogP contribution is -2.50. The van der Waals surface area contributed by atoms with E-state index in [9.17, 15) is 9.59 Å². The third-order valence-electron chi connectivity index (χ3n) is 8.50. The van der Waals surface area contributed by atoms with E-state index in [0.29, 0.717) is 19.5 Å². The van der Waals surface area contributed by atoms with Crippen molar-refractivity contribution in [2.45, 2.75) is 51.5 Å². The Kier molecular flexibility index (Phi) is 6.97. The van der Waals surface area contributed by atoms with Crippen LogP contribution in [0.2, 0.25) is 0 Å². The van der Waals surface area contributed by atoms with Gasteiger partial charge < -0.3 is 10.2 Å². The smallest absolute Gasteiger partial charge is 0.228 e. The fourth-order valence-corrected chi connectivity index (χ4v) is 6.55. The molecule has 0 bridgehead atoms. The quantitative estimate of drug-likeness (QED) is 0.514. The van der Waals surface area contributed by atoms with Crippen LogP contribution in [0.5, 0.6) is 0 Å². The van der Waals surface area contributed by atoms with Gasteiger partial charge >= 0.3 is 0 Å². The number of rotatable bonds is 5. The van der Waals surface area contributed by atoms with Gasteiger partial charge in [0, 0.05) is 38.4 Å². The first kappa shape index (κ1) is 24.2. The number of nitrogens with zero attached hydrogens (tertiary/aromatic N) is 2. The van der Waals surface area contributed by atoms with Gasteiger partial charge in [-0.2, -0.15) is 0 Å². The van der Waals surface area contributed by atoms with Crippen molar-refractivity contribution >= 4 is 28.3 Å². The number of benzene rings is 3. The van der Waals surface area contributed by atoms with Crippen molar-refractivity contribution in [1.29, 1.82) is 0 Å². The fraction of sp³-hybridized carbons (Fsp3) is 0.438. The molecule has 0 saturated carbocycles. The Morgan fingerprint density at radius 1 is 0.784 bits per heavy atom. The van der Waals surface area contributed by atoms with Crippen LogP contribution in [0, 0.1) is 11.8 Å². The van der Waals surface area contributed by atoms with Crippen molar-refractivity contribution in [1.82, 2.24) is 9.80 Å². The molecule has 1 N–H and O–H groups in total. The van der Waals surface area contributed by atoms with Crippen molar-refractivity contribution in [2.24, 2.45) is 11.8 Å². The van der Waals surface area contributed by atoms with E-state index in [1.165, 1.54) is 40.3 Å². The molecule has 0 aromatic heterocycles. The summed E-state index contributed by atoms with van der Waals surface area (Å²) in [6, 6.07) is 21.3. The fourth-order valence-electron chi connectivity index (χ4n) is 6.55. The maximum Gasteiger partial charge on any atom is 0.228 e. The molecule has 2 aliphatic heterocycles. The summed E-state index contributed by atoms with van der Waals surface area (Å²) in [6.45, 7) is 3.84. The van der Waals surface area contributed by atoms with Crippen LogP contribution in [0.25, 0.3) is 10.8 Å². The first-order valence-electron chi connectivity index (χ1n) is 14.0. The molecular formula is C32H37N3O2. The number of hydrogen-bond donors (Lipinski definition) is 1. The summed E-state index contributed by atoms with van der Waals surface area (Å²) in [5.74, 6) is -0.0693. The molecule has 192 valence electrons. The van der Waals surface area contributed by atoms with Crippen LogP contribution in [0.3, 0.4) is 0 Å². The number of piperidine rings is 2. The minimum absolute atomic E-state index is 0.0394. The summed E-state index contributed by atoms with van der Waals surface area (Å²) in [5.41, 5.74) is 4.88. The third-order valence-corrected chi connectivity index (χ3v) is 8.50. The highest BCUT2D eigenvalue weighted by Gasteiger charge is 2.37. The van der Waals surface area contributed by atoms with Crippen LogP contribution in [-0.2, 0) is 29.0 Å². The Morgan fingerprint density at radius 3 is 2.43 bits per heavy atom. The standard InChI is InChI=1S/C32H37N3O2/c36-31(33-30-14-13-25-9-6-10-27(25)19-30)28-18-29(32(37)35-15-4-1-5-16-35)22-34(21-28)20-23-11-12-24-7-2-3-8-26(24)17-23/h2-3,7-8,11-14,17,19,28-29H,1,4-6,9-10,15-16,18,20-22H2,(H,33,36)/t28-,29+/m1/s1. The molecule has 3 aromatic rings. The topological polar surface area (TPSA) is 52.7 Å². The van der Waals surface area contributed by atoms with Gasteiger partial charge in [-0.05, 0) is 90.6 Å². The van der Waals surface area contributed by atoms with Crippen molar-refractivity contribution in [3.05, 3.63) is 77.4 Å². The zero-order valence-electron chi connectivity index (χ0n) is 21.6. The molecule has 2 atom stereocenters. The minimum Gasteiger partial charge on any atom is -0.342 e. The molecule has 3 aliphatic rings. The molecule has 5 heteroatoms. The molecule has 2 saturated heterocycles. The van der Waals surface area contributed by atoms with Crippen LogP contribution in [0.4, 0.5) is 5.69 Å². The maximum atomic E-state index is 13.5. The largest absolute Gasteiger partial charge is 0.342 e. The Labute approximate surface area is 219 Å². The summed E-state index contributed by atoms with van der Waals surface area (Å²) in [6.07, 6.45) is 7.42. The minimum atomic E-state index is -0.207. The number of likely N-dealkylation sites (tertiary alicyclic amines) is 2. The molecule has 2 amide bonds. The Balaban J connectivity index is 1.20. The van der Waals surface area contributed by atoms with Gasteiger partial charge in [0.05, 0.1) is 11.8 Å². The number of aryl methyl sites for hydroxylation is 2. The predicted molar refractivity (Wildman–Crippen MR) is 148 cm³/mol. The summed E-state index contributed by atoms with van der Waals surface area (Å²) >= 11 is 0. The first-order chi connectivity index (χ1) is 18.1. The van der Waals surface area contributed by atoms with Crippen LogP contribution >= 0.6 is 0 Å². The molecule has 2 heterocycles. The van der Waals surface area contributed by atoms with Crippen molar-refractivity contribution in [2.75, 3.05) is 31.5 Å². The summed E-state index contributed by atoms with van der Waals surface area (Å²) < 4.78 is 0. The average molecular weight is 496 g/mol. The molecule has 37 heavy (non-hydrogen) atoms. The molecule has 0 unspecified atom stereocenters. The lowest BCUT2D eigenvalue weighted by molar-refractivity contribution is -0.140. The van der Waals surface area contributed by atoms with Crippen LogP contribution < -0.4 is 5.32 Å². The van der Waals surface area contributed by atoms with E-state index in [2.05, 4.69) is 64.8 Å². The van der Waals surface area contributed by atoms with Crippen LogP contribution in [-0.4, -0.2) is 47.8 Å². The van der Waals surface area contributed by atoms with Gasteiger partial charge in [0.15, 0.2) is 0 Å². The van der Waals surface area contributed by atoms with E-state index in [1.54, 1.807) is 0 Å². The highest BCUT2D eigenvalue weighted by atomic mass is 16.2. The summed E-state index contributed by atoms with van der Waals surface area (Å²) in [7, 11) is 0. The number of carbonyl (C=O) groups excluding carboxylic acids is 2. The normalized spacial score (nSPS) is 22.1. The van der Waals surface area contributed by atoms with Crippen molar-refractivity contribution in [3.8, 4) is 0 Å². The van der Waals surface area contributed by atoms with Gasteiger partial charge in [0.2, 0.25) is 11.8 Å². The Morgan fingerprint density at radius 2 is 1.57 bits per heavy atom. The van der Waals surface area contributed by atoms with E-state index in [-0.39, 0.29) is 23.7 Å². The van der Waals surface area contributed by atoms with Gasteiger partial charge in [-0.3, -0.25) is 14.5 Å². The van der Waals surface area contributed by atoms with E-state index in [1.807, 2.05) is 11.0 Å². The second kappa shape index (κ2) is 10.7. The molecule has 1 aliphatic carbocycles. The summed E-state index contributed by atoms with van der Waals surface area (Å²) in [5, 5.41) is 5.66. The number of amides is 2. The molecule has 2 fully saturated rings. The average Bonchev–Trinajstić information content (AvgIpc) is 3.41. The van der Waals surface area contributed by atoms with E-state index in [4.69, 9.17) is 0 Å². The maximum absolute atomic E-state index is 13.5. The highest BCUT2D eigenvalue weighted by molar-refractivity contribution is 5.93. The van der Waals surface area contributed by atoms with Gasteiger partial charge in [-0.1, -0.05) is 42.5 Å². The first-order valence-corrected chi connectivity index (χ1v) is 14.0. The molecule has 0 radical (unpaired) electrons. The van der Waals surface area contributed by atoms with Crippen molar-refractivity contribution < 1.29 is 9.59 Å². The van der Waals surface area contributed by atoms with E-state index in [0.717, 1.165) is 51.0 Å². The predicted octanol–water partition coefficient (Wildman–Crippen LogP) is 5.42. The lowest BCUT2D eigenvalue weighted by Gasteiger charge is -2.39. The number of carbonyl (C=O) groups is 2. The SMILES string of the molecule is O=C(Nc1ccc2c(c1)CCC2)[C@@H]1C[C@H](C(=O)N2CCCCC2)CN(Cc2ccc3ccccc3c2)C1. The zero-order chi connectivity index (χ0) is 25.2. The third kappa shape index (κ3) is 5.42. The Bertz CT molecular complexity index is 1300. The van der Waals surface area contributed by atoms with E-state index >= 15 is 0 Å². The zero-order valence-corrected chi connectivity index (χ0v) is 21.6.